The van der Waals surface area contributed by atoms with Crippen molar-refractivity contribution in [1.29, 1.82) is 0 Å². The van der Waals surface area contributed by atoms with Gasteiger partial charge in [-0.2, -0.15) is 0 Å². The van der Waals surface area contributed by atoms with E-state index >= 15 is 0 Å². The summed E-state index contributed by atoms with van der Waals surface area (Å²) in [6.45, 7) is 2.11. The fourth-order valence-electron chi connectivity index (χ4n) is 1.95. The van der Waals surface area contributed by atoms with Gasteiger partial charge < -0.3 is 0 Å². The highest BCUT2D eigenvalue weighted by Gasteiger charge is 2.21. The topological polar surface area (TPSA) is 98.0 Å². The lowest BCUT2D eigenvalue weighted by Gasteiger charge is -2.03. The molecule has 0 aliphatic rings. The third kappa shape index (κ3) is 4.70. The highest BCUT2D eigenvalue weighted by molar-refractivity contribution is 7.15. The minimum Gasteiger partial charge on any atom is -0.296 e. The second kappa shape index (κ2) is 7.98. The number of carbonyl (C=O) groups excluding carboxylic acids is 1. The Labute approximate surface area is 141 Å². The number of halogens is 1. The van der Waals surface area contributed by atoms with Crippen LogP contribution in [0.15, 0.2) is 18.2 Å². The van der Waals surface area contributed by atoms with Gasteiger partial charge in [-0.3, -0.25) is 20.2 Å². The van der Waals surface area contributed by atoms with Crippen molar-refractivity contribution in [2.75, 3.05) is 5.32 Å². The van der Waals surface area contributed by atoms with Crippen molar-refractivity contribution < 1.29 is 9.72 Å². The van der Waals surface area contributed by atoms with Gasteiger partial charge in [0.2, 0.25) is 5.13 Å². The van der Waals surface area contributed by atoms with E-state index in [9.17, 15) is 14.9 Å². The van der Waals surface area contributed by atoms with Crippen LogP contribution in [0, 0.1) is 10.1 Å². The molecule has 0 aliphatic heterocycles. The number of rotatable bonds is 7. The van der Waals surface area contributed by atoms with E-state index in [1.165, 1.54) is 29.5 Å². The molecule has 1 heterocycles. The number of amides is 1. The van der Waals surface area contributed by atoms with Gasteiger partial charge in [-0.15, -0.1) is 10.2 Å². The lowest BCUT2D eigenvalue weighted by Crippen LogP contribution is -2.13. The van der Waals surface area contributed by atoms with Crippen molar-refractivity contribution in [2.24, 2.45) is 0 Å². The van der Waals surface area contributed by atoms with Crippen molar-refractivity contribution in [3.63, 3.8) is 0 Å². The van der Waals surface area contributed by atoms with Gasteiger partial charge in [-0.25, -0.2) is 0 Å². The highest BCUT2D eigenvalue weighted by atomic mass is 35.5. The van der Waals surface area contributed by atoms with Gasteiger partial charge in [-0.1, -0.05) is 42.7 Å². The van der Waals surface area contributed by atoms with Crippen LogP contribution in [0.1, 0.15) is 41.6 Å². The molecule has 23 heavy (non-hydrogen) atoms. The molecule has 0 saturated carbocycles. The molecule has 1 amide bonds. The molecule has 7 nitrogen and oxygen atoms in total. The maximum atomic E-state index is 12.2. The summed E-state index contributed by atoms with van der Waals surface area (Å²) in [4.78, 5) is 22.6. The van der Waals surface area contributed by atoms with Crippen LogP contribution < -0.4 is 5.32 Å². The number of hydrogen-bond donors (Lipinski definition) is 1. The molecule has 1 N–H and O–H groups in total. The molecule has 0 aliphatic carbocycles. The lowest BCUT2D eigenvalue weighted by molar-refractivity contribution is -0.385. The number of aromatic nitrogens is 2. The minimum absolute atomic E-state index is 0.106. The van der Waals surface area contributed by atoms with Crippen molar-refractivity contribution >= 4 is 39.7 Å². The Morgan fingerprint density at radius 3 is 2.87 bits per heavy atom. The van der Waals surface area contributed by atoms with Crippen LogP contribution >= 0.6 is 22.9 Å². The minimum atomic E-state index is -0.629. The van der Waals surface area contributed by atoms with Crippen LogP contribution in [-0.2, 0) is 6.42 Å². The number of carbonyl (C=O) groups is 1. The number of nitrogens with one attached hydrogen (secondary N) is 1. The summed E-state index contributed by atoms with van der Waals surface area (Å²) in [6, 6.07) is 3.83. The van der Waals surface area contributed by atoms with Gasteiger partial charge in [0.25, 0.3) is 11.6 Å². The third-order valence-corrected chi connectivity index (χ3v) is 4.21. The second-order valence-corrected chi connectivity index (χ2v) is 6.33. The largest absolute Gasteiger partial charge is 0.296 e. The SMILES string of the molecule is CCCCCc1nnc(NC(=O)c2cc(Cl)ccc2[N+](=O)[O-])s1. The van der Waals surface area contributed by atoms with E-state index in [1.807, 2.05) is 0 Å². The summed E-state index contributed by atoms with van der Waals surface area (Å²) < 4.78 is 0. The maximum absolute atomic E-state index is 12.2. The summed E-state index contributed by atoms with van der Waals surface area (Å²) >= 11 is 7.08. The molecule has 1 aromatic heterocycles. The summed E-state index contributed by atoms with van der Waals surface area (Å²) in [5.41, 5.74) is -0.412. The Hall–Kier alpha value is -2.06. The predicted octanol–water partition coefficient (Wildman–Crippen LogP) is 4.08. The quantitative estimate of drug-likeness (QED) is 0.458. The molecule has 0 saturated heterocycles. The van der Waals surface area contributed by atoms with Crippen molar-refractivity contribution in [3.8, 4) is 0 Å². The van der Waals surface area contributed by atoms with Crippen molar-refractivity contribution in [1.82, 2.24) is 10.2 Å². The van der Waals surface area contributed by atoms with Gasteiger partial charge in [0.15, 0.2) is 0 Å². The first-order valence-electron chi connectivity index (χ1n) is 7.09. The average molecular weight is 355 g/mol. The number of hydrogen-bond acceptors (Lipinski definition) is 6. The van der Waals surface area contributed by atoms with Gasteiger partial charge in [-0.05, 0) is 18.6 Å². The highest BCUT2D eigenvalue weighted by Crippen LogP contribution is 2.25. The number of nitro benzene ring substituents is 1. The molecule has 0 atom stereocenters. The number of benzene rings is 1. The van der Waals surface area contributed by atoms with E-state index in [2.05, 4.69) is 22.4 Å². The summed E-state index contributed by atoms with van der Waals surface area (Å²) in [7, 11) is 0. The van der Waals surface area contributed by atoms with Crippen molar-refractivity contribution in [3.05, 3.63) is 43.9 Å². The molecule has 122 valence electrons. The summed E-state index contributed by atoms with van der Waals surface area (Å²) in [5, 5.41) is 22.8. The lowest BCUT2D eigenvalue weighted by atomic mass is 10.1. The number of nitrogens with zero attached hydrogens (tertiary/aromatic N) is 3. The Balaban J connectivity index is 2.10. The van der Waals surface area contributed by atoms with Crippen LogP contribution in [0.2, 0.25) is 5.02 Å². The van der Waals surface area contributed by atoms with Gasteiger partial charge >= 0.3 is 0 Å². The molecule has 0 fully saturated rings. The van der Waals surface area contributed by atoms with E-state index in [4.69, 9.17) is 11.6 Å². The van der Waals surface area contributed by atoms with Crippen molar-refractivity contribution in [2.45, 2.75) is 32.6 Å². The van der Waals surface area contributed by atoms with E-state index in [-0.39, 0.29) is 16.3 Å². The standard InChI is InChI=1S/C14H15ClN4O3S/c1-2-3-4-5-12-17-18-14(23-12)16-13(20)10-8-9(15)6-7-11(10)19(21)22/h6-8H,2-5H2,1H3,(H,16,18,20). The van der Waals surface area contributed by atoms with E-state index in [0.717, 1.165) is 30.7 Å². The molecular formula is C14H15ClN4O3S. The number of aryl methyl sites for hydroxylation is 1. The van der Waals surface area contributed by atoms with Gasteiger partial charge in [0.1, 0.15) is 10.6 Å². The zero-order chi connectivity index (χ0) is 16.8. The summed E-state index contributed by atoms with van der Waals surface area (Å²) in [6.07, 6.45) is 4.04. The maximum Gasteiger partial charge on any atom is 0.282 e. The molecule has 2 aromatic rings. The zero-order valence-corrected chi connectivity index (χ0v) is 14.0. The van der Waals surface area contributed by atoms with E-state index in [0.29, 0.717) is 5.13 Å². The molecule has 0 spiro atoms. The fourth-order valence-corrected chi connectivity index (χ4v) is 2.89. The van der Waals surface area contributed by atoms with Crippen LogP contribution in [0.3, 0.4) is 0 Å². The van der Waals surface area contributed by atoms with Crippen LogP contribution in [0.4, 0.5) is 10.8 Å². The van der Waals surface area contributed by atoms with Crippen LogP contribution in [0.5, 0.6) is 0 Å². The first kappa shape index (κ1) is 17.3. The van der Waals surface area contributed by atoms with E-state index in [1.54, 1.807) is 0 Å². The monoisotopic (exact) mass is 354 g/mol. The molecule has 0 unspecified atom stereocenters. The fraction of sp³-hybridized carbons (Fsp3) is 0.357. The number of anilines is 1. The predicted molar refractivity (Wildman–Crippen MR) is 89.2 cm³/mol. The zero-order valence-electron chi connectivity index (χ0n) is 12.4. The van der Waals surface area contributed by atoms with Gasteiger partial charge in [0.05, 0.1) is 4.92 Å². The molecular weight excluding hydrogens is 340 g/mol. The molecule has 2 rings (SSSR count). The average Bonchev–Trinajstić information content (AvgIpc) is 2.94. The van der Waals surface area contributed by atoms with Gasteiger partial charge in [0, 0.05) is 17.5 Å². The Morgan fingerprint density at radius 1 is 1.39 bits per heavy atom. The first-order valence-corrected chi connectivity index (χ1v) is 8.28. The number of unbranched alkanes of at least 4 members (excludes halogenated alkanes) is 2. The van der Waals surface area contributed by atoms with E-state index < -0.39 is 10.8 Å². The smallest absolute Gasteiger partial charge is 0.282 e. The normalized spacial score (nSPS) is 10.5. The molecule has 9 heteroatoms. The molecule has 0 bridgehead atoms. The summed E-state index contributed by atoms with van der Waals surface area (Å²) in [5.74, 6) is -0.629. The third-order valence-electron chi connectivity index (χ3n) is 3.08. The second-order valence-electron chi connectivity index (χ2n) is 4.83. The van der Waals surface area contributed by atoms with Crippen LogP contribution in [-0.4, -0.2) is 21.0 Å². The molecule has 1 aromatic carbocycles. The molecule has 0 radical (unpaired) electrons. The van der Waals surface area contributed by atoms with Crippen LogP contribution in [0.25, 0.3) is 0 Å². The number of nitro groups is 1. The first-order chi connectivity index (χ1) is 11.0. The Kier molecular flexibility index (Phi) is 6.00. The Morgan fingerprint density at radius 2 is 2.17 bits per heavy atom. The Bertz CT molecular complexity index is 720.